The van der Waals surface area contributed by atoms with Gasteiger partial charge in [-0.05, 0) is 61.0 Å². The SMILES string of the molecule is Cn1c(C2=C(c3cn(CCCNC(=O)c4ccc5c(c4)C(=O)OC54c5ccc(O)cc5Oc5cc(O)ccc54)c4ccccc34)C(=O)NC2=O)cc2ccccc21. The van der Waals surface area contributed by atoms with Crippen molar-refractivity contribution in [2.75, 3.05) is 6.54 Å². The lowest BCUT2D eigenvalue weighted by Crippen LogP contribution is -2.33. The Morgan fingerprint density at radius 1 is 0.754 bits per heavy atom. The smallest absolute Gasteiger partial charge is 0.340 e. The minimum Gasteiger partial charge on any atom is -0.508 e. The van der Waals surface area contributed by atoms with Crippen molar-refractivity contribution in [2.24, 2.45) is 7.05 Å². The number of nitrogens with zero attached hydrogens (tertiary/aromatic N) is 2. The first-order chi connectivity index (χ1) is 27.6. The maximum atomic E-state index is 13.5. The Morgan fingerprint density at radius 2 is 1.42 bits per heavy atom. The molecule has 3 aliphatic rings. The number of phenols is 2. The number of carbonyl (C=O) groups is 4. The fourth-order valence-electron chi connectivity index (χ4n) is 8.52. The molecule has 5 aromatic carbocycles. The number of phenolic OH excluding ortho intramolecular Hbond substituents is 2. The van der Waals surface area contributed by atoms with Gasteiger partial charge in [0.25, 0.3) is 17.7 Å². The number of para-hydroxylation sites is 2. The van der Waals surface area contributed by atoms with E-state index < -0.39 is 23.4 Å². The molecule has 0 atom stereocenters. The van der Waals surface area contributed by atoms with Crippen molar-refractivity contribution in [2.45, 2.75) is 18.6 Å². The summed E-state index contributed by atoms with van der Waals surface area (Å²) in [5.41, 5.74) is 4.27. The van der Waals surface area contributed by atoms with Crippen LogP contribution in [0.15, 0.2) is 115 Å². The Hall–Kier alpha value is -7.60. The Kier molecular flexibility index (Phi) is 7.42. The molecule has 0 bridgehead atoms. The van der Waals surface area contributed by atoms with E-state index in [1.54, 1.807) is 24.3 Å². The third-order valence-corrected chi connectivity index (χ3v) is 11.1. The number of nitrogens with one attached hydrogen (secondary N) is 2. The van der Waals surface area contributed by atoms with E-state index in [2.05, 4.69) is 10.6 Å². The molecule has 0 fully saturated rings. The van der Waals surface area contributed by atoms with E-state index in [-0.39, 0.29) is 40.0 Å². The molecule has 12 nitrogen and oxygen atoms in total. The van der Waals surface area contributed by atoms with Gasteiger partial charge in [-0.3, -0.25) is 19.7 Å². The van der Waals surface area contributed by atoms with E-state index in [1.807, 2.05) is 77.0 Å². The molecule has 3 aliphatic heterocycles. The van der Waals surface area contributed by atoms with Crippen LogP contribution in [0.5, 0.6) is 23.0 Å². The van der Waals surface area contributed by atoms with Gasteiger partial charge in [-0.15, -0.1) is 0 Å². The molecule has 3 amide bonds. The van der Waals surface area contributed by atoms with E-state index in [0.717, 1.165) is 21.8 Å². The molecule has 0 unspecified atom stereocenters. The van der Waals surface area contributed by atoms with Gasteiger partial charge >= 0.3 is 5.97 Å². The number of carbonyl (C=O) groups excluding carboxylic acids is 4. The lowest BCUT2D eigenvalue weighted by Gasteiger charge is -2.36. The van der Waals surface area contributed by atoms with Gasteiger partial charge in [0, 0.05) is 88.1 Å². The summed E-state index contributed by atoms with van der Waals surface area (Å²) < 4.78 is 16.1. The normalized spacial score (nSPS) is 15.1. The minimum absolute atomic E-state index is 0.0458. The van der Waals surface area contributed by atoms with Gasteiger partial charge in [0.05, 0.1) is 22.4 Å². The van der Waals surface area contributed by atoms with Crippen molar-refractivity contribution in [1.29, 1.82) is 0 Å². The molecule has 5 heterocycles. The Balaban J connectivity index is 0.908. The topological polar surface area (TPSA) is 161 Å². The molecule has 4 N–H and O–H groups in total. The van der Waals surface area contributed by atoms with Gasteiger partial charge in [0.15, 0.2) is 5.60 Å². The second-order valence-corrected chi connectivity index (χ2v) is 14.3. The number of aromatic nitrogens is 2. The molecule has 0 saturated carbocycles. The highest BCUT2D eigenvalue weighted by molar-refractivity contribution is 6.50. The number of fused-ring (bicyclic) bond motifs is 8. The first-order valence-electron chi connectivity index (χ1n) is 18.4. The molecule has 57 heavy (non-hydrogen) atoms. The van der Waals surface area contributed by atoms with Crippen molar-refractivity contribution >= 4 is 56.6 Å². The number of benzene rings is 5. The van der Waals surface area contributed by atoms with Crippen LogP contribution in [0, 0.1) is 0 Å². The summed E-state index contributed by atoms with van der Waals surface area (Å²) in [6, 6.07) is 31.3. The van der Waals surface area contributed by atoms with E-state index in [9.17, 15) is 29.4 Å². The maximum absolute atomic E-state index is 13.5. The molecular weight excluding hydrogens is 725 g/mol. The van der Waals surface area contributed by atoms with Crippen molar-refractivity contribution in [3.63, 3.8) is 0 Å². The first-order valence-corrected chi connectivity index (χ1v) is 18.4. The quantitative estimate of drug-likeness (QED) is 0.0815. The van der Waals surface area contributed by atoms with E-state index >= 15 is 0 Å². The summed E-state index contributed by atoms with van der Waals surface area (Å²) in [5.74, 6) is -1.47. The predicted molar refractivity (Wildman–Crippen MR) is 210 cm³/mol. The third kappa shape index (κ3) is 5.07. The van der Waals surface area contributed by atoms with Crippen molar-refractivity contribution < 1.29 is 38.9 Å². The summed E-state index contributed by atoms with van der Waals surface area (Å²) in [6.07, 6.45) is 2.42. The van der Waals surface area contributed by atoms with Crippen molar-refractivity contribution in [3.05, 3.63) is 154 Å². The average Bonchev–Trinajstić information content (AvgIpc) is 3.91. The monoisotopic (exact) mass is 756 g/mol. The van der Waals surface area contributed by atoms with Crippen molar-refractivity contribution in [3.8, 4) is 23.0 Å². The molecule has 0 radical (unpaired) electrons. The van der Waals surface area contributed by atoms with Gasteiger partial charge in [-0.2, -0.15) is 0 Å². The molecule has 2 aromatic heterocycles. The molecule has 0 saturated heterocycles. The summed E-state index contributed by atoms with van der Waals surface area (Å²) in [4.78, 5) is 53.8. The van der Waals surface area contributed by atoms with E-state index in [0.29, 0.717) is 58.6 Å². The number of aryl methyl sites for hydroxylation is 2. The van der Waals surface area contributed by atoms with Crippen LogP contribution in [0.2, 0.25) is 0 Å². The summed E-state index contributed by atoms with van der Waals surface area (Å²) >= 11 is 0. The van der Waals surface area contributed by atoms with Gasteiger partial charge in [-0.25, -0.2) is 4.79 Å². The summed E-state index contributed by atoms with van der Waals surface area (Å²) in [5, 5.41) is 27.7. The molecule has 7 aromatic rings. The highest BCUT2D eigenvalue weighted by Gasteiger charge is 2.54. The minimum atomic E-state index is -1.43. The molecule has 10 rings (SSSR count). The van der Waals surface area contributed by atoms with Crippen molar-refractivity contribution in [1.82, 2.24) is 19.8 Å². The van der Waals surface area contributed by atoms with E-state index in [4.69, 9.17) is 9.47 Å². The number of aromatic hydroxyl groups is 2. The largest absolute Gasteiger partial charge is 0.508 e. The van der Waals surface area contributed by atoms with Gasteiger partial charge < -0.3 is 34.1 Å². The lowest BCUT2D eigenvalue weighted by atomic mass is 9.77. The van der Waals surface area contributed by atoms with Gasteiger partial charge in [0.1, 0.15) is 23.0 Å². The average molecular weight is 757 g/mol. The number of hydrogen-bond acceptors (Lipinski definition) is 8. The van der Waals surface area contributed by atoms with Crippen LogP contribution in [0.25, 0.3) is 33.0 Å². The molecule has 0 aliphatic carbocycles. The number of imide groups is 1. The Morgan fingerprint density at radius 3 is 2.16 bits per heavy atom. The number of amides is 3. The molecule has 1 spiro atoms. The number of hydrogen-bond donors (Lipinski definition) is 4. The highest BCUT2D eigenvalue weighted by Crippen LogP contribution is 2.57. The summed E-state index contributed by atoms with van der Waals surface area (Å²) in [7, 11) is 1.88. The third-order valence-electron chi connectivity index (χ3n) is 11.1. The Labute approximate surface area is 324 Å². The summed E-state index contributed by atoms with van der Waals surface area (Å²) in [6.45, 7) is 0.804. The van der Waals surface area contributed by atoms with Crippen LogP contribution in [-0.2, 0) is 33.5 Å². The second kappa shape index (κ2) is 12.5. The molecule has 12 heteroatoms. The zero-order valence-corrected chi connectivity index (χ0v) is 30.3. The lowest BCUT2D eigenvalue weighted by molar-refractivity contribution is -0.122. The first kappa shape index (κ1) is 33.9. The van der Waals surface area contributed by atoms with Crippen LogP contribution in [0.4, 0.5) is 0 Å². The van der Waals surface area contributed by atoms with Crippen LogP contribution in [-0.4, -0.2) is 49.6 Å². The number of rotatable bonds is 7. The van der Waals surface area contributed by atoms with Crippen LogP contribution < -0.4 is 15.4 Å². The van der Waals surface area contributed by atoms with Crippen LogP contribution >= 0.6 is 0 Å². The van der Waals surface area contributed by atoms with Crippen LogP contribution in [0.3, 0.4) is 0 Å². The highest BCUT2D eigenvalue weighted by atomic mass is 16.6. The fourth-order valence-corrected chi connectivity index (χ4v) is 8.52. The van der Waals surface area contributed by atoms with Crippen LogP contribution in [0.1, 0.15) is 55.1 Å². The van der Waals surface area contributed by atoms with Gasteiger partial charge in [0.2, 0.25) is 0 Å². The zero-order valence-electron chi connectivity index (χ0n) is 30.3. The zero-order chi connectivity index (χ0) is 39.2. The predicted octanol–water partition coefficient (Wildman–Crippen LogP) is 6.50. The molecular formula is C45H32N4O8. The second-order valence-electron chi connectivity index (χ2n) is 14.3. The number of esters is 1. The standard InChI is InChI=1S/C45H32N4O8/c1-48-34-9-4-2-7-24(34)20-36(48)40-39(42(53)47-43(40)54)30-23-49(35-10-5-3-8-28(30)35)18-6-17-46-41(52)25-11-14-31-29(19-25)44(55)57-45(31)32-15-12-26(50)21-37(32)56-38-22-27(51)13-16-33(38)45/h2-5,7-16,19-23,50-51H,6,17-18H2,1H3,(H,46,52)(H,47,53,54). The maximum Gasteiger partial charge on any atom is 0.340 e. The number of ether oxygens (including phenoxy) is 2. The van der Waals surface area contributed by atoms with Gasteiger partial charge in [-0.1, -0.05) is 42.5 Å². The fraction of sp³-hybridized carbons (Fsp3) is 0.111. The Bertz CT molecular complexity index is 2920. The molecule has 280 valence electrons. The van der Waals surface area contributed by atoms with E-state index in [1.165, 1.54) is 30.3 Å².